The molecule has 16 nitrogen and oxygen atoms in total. The van der Waals surface area contributed by atoms with Crippen molar-refractivity contribution in [3.05, 3.63) is 83.4 Å². The Morgan fingerprint density at radius 3 is 1.93 bits per heavy atom. The third-order valence-corrected chi connectivity index (χ3v) is 10.9. The van der Waals surface area contributed by atoms with Crippen LogP contribution in [0.1, 0.15) is 43.4 Å². The average Bonchev–Trinajstić information content (AvgIpc) is 3.24. The molecule has 16 heteroatoms. The molecular weight excluding hydrogens is 761 g/mol. The van der Waals surface area contributed by atoms with Gasteiger partial charge in [0.25, 0.3) is 0 Å². The molecule has 0 saturated carbocycles. The van der Waals surface area contributed by atoms with Gasteiger partial charge in [-0.05, 0) is 66.4 Å². The Morgan fingerprint density at radius 2 is 1.31 bits per heavy atom. The predicted octanol–water partition coefficient (Wildman–Crippen LogP) is 1.60. The Morgan fingerprint density at radius 1 is 0.695 bits per heavy atom. The van der Waals surface area contributed by atoms with Crippen LogP contribution >= 0.6 is 0 Å². The zero-order chi connectivity index (χ0) is 43.0. The quantitative estimate of drug-likeness (QED) is 0.272. The van der Waals surface area contributed by atoms with Crippen LogP contribution in [0.15, 0.2) is 66.7 Å². The Labute approximate surface area is 344 Å². The van der Waals surface area contributed by atoms with Gasteiger partial charge in [0.05, 0.1) is 20.8 Å². The van der Waals surface area contributed by atoms with Crippen molar-refractivity contribution in [2.24, 2.45) is 0 Å². The number of aliphatic hydroxyl groups is 1. The van der Waals surface area contributed by atoms with Gasteiger partial charge in [-0.2, -0.15) is 0 Å². The highest BCUT2D eigenvalue weighted by atomic mass is 16.5. The first-order chi connectivity index (χ1) is 28.2. The molecule has 0 aromatic heterocycles. The van der Waals surface area contributed by atoms with Gasteiger partial charge in [-0.15, -0.1) is 0 Å². The van der Waals surface area contributed by atoms with Gasteiger partial charge in [0.2, 0.25) is 35.4 Å². The Balaban J connectivity index is 1.62. The maximum atomic E-state index is 14.8. The number of nitrogens with zero attached hydrogens (tertiary/aromatic N) is 3. The van der Waals surface area contributed by atoms with Crippen molar-refractivity contribution in [2.75, 3.05) is 42.0 Å². The molecular formula is C43H54N6O10. The molecule has 2 unspecified atom stereocenters. The molecule has 3 aliphatic rings. The van der Waals surface area contributed by atoms with Crippen molar-refractivity contribution in [2.45, 2.75) is 82.2 Å². The number of methoxy groups -OCH3 is 2. The second-order valence-corrected chi connectivity index (χ2v) is 14.9. The minimum absolute atomic E-state index is 0.00217. The van der Waals surface area contributed by atoms with Gasteiger partial charge >= 0.3 is 0 Å². The van der Waals surface area contributed by atoms with E-state index >= 15 is 0 Å². The van der Waals surface area contributed by atoms with E-state index in [2.05, 4.69) is 16.0 Å². The summed E-state index contributed by atoms with van der Waals surface area (Å²) in [5.41, 5.74) is 1.94. The largest absolute Gasteiger partial charge is 0.497 e. The molecule has 6 rings (SSSR count). The number of hydrogen-bond donors (Lipinski definition) is 4. The summed E-state index contributed by atoms with van der Waals surface area (Å²) in [5, 5.41) is 18.4. The second kappa shape index (κ2) is 19.5. The highest BCUT2D eigenvalue weighted by Crippen LogP contribution is 2.34. The molecule has 4 N–H and O–H groups in total. The third kappa shape index (κ3) is 10.3. The fraction of sp³-hybridized carbons (Fsp3) is 0.442. The van der Waals surface area contributed by atoms with E-state index in [1.165, 1.54) is 52.1 Å². The lowest BCUT2D eigenvalue weighted by Crippen LogP contribution is -2.62. The maximum Gasteiger partial charge on any atom is 0.247 e. The van der Waals surface area contributed by atoms with E-state index in [1.54, 1.807) is 66.7 Å². The second-order valence-electron chi connectivity index (χ2n) is 14.9. The van der Waals surface area contributed by atoms with Gasteiger partial charge < -0.3 is 50.0 Å². The topological polar surface area (TPSA) is 196 Å². The summed E-state index contributed by atoms with van der Waals surface area (Å²) in [4.78, 5) is 89.4. The van der Waals surface area contributed by atoms with Crippen molar-refractivity contribution in [3.8, 4) is 23.0 Å². The first-order valence-corrected chi connectivity index (χ1v) is 19.6. The fourth-order valence-electron chi connectivity index (χ4n) is 7.24. The van der Waals surface area contributed by atoms with Crippen molar-refractivity contribution in [1.29, 1.82) is 0 Å². The monoisotopic (exact) mass is 814 g/mol. The van der Waals surface area contributed by atoms with E-state index in [1.807, 2.05) is 6.92 Å². The first-order valence-electron chi connectivity index (χ1n) is 19.6. The highest BCUT2D eigenvalue weighted by Gasteiger charge is 2.40. The van der Waals surface area contributed by atoms with Crippen LogP contribution in [0.2, 0.25) is 0 Å². The van der Waals surface area contributed by atoms with Crippen LogP contribution in [0.5, 0.6) is 23.0 Å². The zero-order valence-electron chi connectivity index (χ0n) is 34.5. The third-order valence-electron chi connectivity index (χ3n) is 10.9. The van der Waals surface area contributed by atoms with Gasteiger partial charge in [0.15, 0.2) is 11.5 Å². The van der Waals surface area contributed by atoms with E-state index in [0.717, 1.165) is 4.90 Å². The number of likely N-dealkylation sites (N-methyl/N-ethyl adjacent to an activating group) is 3. The Hall–Kier alpha value is -6.16. The summed E-state index contributed by atoms with van der Waals surface area (Å²) >= 11 is 0. The molecule has 0 radical (unpaired) electrons. The van der Waals surface area contributed by atoms with Gasteiger partial charge in [-0.3, -0.25) is 28.8 Å². The summed E-state index contributed by atoms with van der Waals surface area (Å²) in [6.07, 6.45) is 0.688. The Kier molecular flexibility index (Phi) is 14.5. The Bertz CT molecular complexity index is 2010. The van der Waals surface area contributed by atoms with E-state index in [4.69, 9.17) is 14.2 Å². The molecule has 3 heterocycles. The summed E-state index contributed by atoms with van der Waals surface area (Å²) in [7, 11) is 7.35. The molecule has 3 aromatic rings. The van der Waals surface area contributed by atoms with E-state index in [0.29, 0.717) is 46.1 Å². The lowest BCUT2D eigenvalue weighted by molar-refractivity contribution is -0.150. The average molecular weight is 815 g/mol. The number of benzene rings is 3. The first kappa shape index (κ1) is 44.0. The van der Waals surface area contributed by atoms with E-state index in [-0.39, 0.29) is 25.7 Å². The molecule has 1 saturated heterocycles. The number of amides is 6. The van der Waals surface area contributed by atoms with Gasteiger partial charge in [0.1, 0.15) is 47.8 Å². The molecule has 1 fully saturated rings. The number of fused-ring (bicyclic) bond motifs is 2. The smallest absolute Gasteiger partial charge is 0.247 e. The van der Waals surface area contributed by atoms with Gasteiger partial charge in [0, 0.05) is 40.4 Å². The van der Waals surface area contributed by atoms with Crippen LogP contribution in [-0.2, 0) is 48.0 Å². The van der Waals surface area contributed by atoms with Crippen LogP contribution < -0.4 is 30.2 Å². The highest BCUT2D eigenvalue weighted by molar-refractivity contribution is 5.98. The molecule has 6 bridgehead atoms. The molecule has 59 heavy (non-hydrogen) atoms. The van der Waals surface area contributed by atoms with Crippen LogP contribution in [-0.4, -0.2) is 133 Å². The SMILES string of the molecule is CCCC1NC(=O)[C@H](Cc2ccc(OC)cc2)N(C)C(=O)[C@H](CO)NC(=O)C(C)NC(=O)[C@@H]2Cc3ccc(OC)c(c3)Oc3ccc(cc3)C[C@@H](C(=O)N2C)N(C)C1=O. The minimum Gasteiger partial charge on any atom is -0.497 e. The van der Waals surface area contributed by atoms with Crippen LogP contribution in [0.3, 0.4) is 0 Å². The fourth-order valence-corrected chi connectivity index (χ4v) is 7.24. The molecule has 3 aromatic carbocycles. The molecule has 316 valence electrons. The molecule has 6 atom stereocenters. The number of nitrogens with one attached hydrogen (secondary N) is 3. The van der Waals surface area contributed by atoms with E-state index < -0.39 is 78.3 Å². The summed E-state index contributed by atoms with van der Waals surface area (Å²) < 4.78 is 17.0. The summed E-state index contributed by atoms with van der Waals surface area (Å²) in [5.74, 6) is -2.16. The number of rotatable bonds is 7. The molecule has 0 spiro atoms. The van der Waals surface area contributed by atoms with E-state index in [9.17, 15) is 33.9 Å². The molecule has 6 amide bonds. The normalized spacial score (nSPS) is 23.7. The number of ether oxygens (including phenoxy) is 3. The van der Waals surface area contributed by atoms with Crippen LogP contribution in [0.4, 0.5) is 0 Å². The number of carbonyl (C=O) groups is 6. The van der Waals surface area contributed by atoms with Gasteiger partial charge in [-0.1, -0.05) is 43.7 Å². The van der Waals surface area contributed by atoms with Crippen molar-refractivity contribution < 1.29 is 48.1 Å². The van der Waals surface area contributed by atoms with Crippen molar-refractivity contribution in [3.63, 3.8) is 0 Å². The molecule has 3 aliphatic heterocycles. The standard InChI is InChI=1S/C43H54N6O10/c1-8-9-31-41(54)49(5)35-21-27-12-17-30(18-13-27)59-37-23-28(14-19-36(37)58-7)22-34(48(4)43(35)56)39(52)44-25(2)38(51)46-32(24-50)42(55)47(3)33(40(53)45-31)20-26-10-15-29(57-6)16-11-26/h10-19,23,25,31-35,50H,8-9,20-22,24H2,1-7H3,(H,44,52)(H,45,53)(H,46,51)/t25?,31?,32-,33-,34-,35-/m0/s1. The number of carbonyl (C=O) groups excluding carboxylic acids is 6. The van der Waals surface area contributed by atoms with Gasteiger partial charge in [-0.25, -0.2) is 0 Å². The molecule has 0 aliphatic carbocycles. The summed E-state index contributed by atoms with van der Waals surface area (Å²) in [6.45, 7) is 2.44. The lowest BCUT2D eigenvalue weighted by atomic mass is 9.98. The number of hydrogen-bond acceptors (Lipinski definition) is 10. The van der Waals surface area contributed by atoms with Crippen molar-refractivity contribution in [1.82, 2.24) is 30.7 Å². The van der Waals surface area contributed by atoms with Crippen LogP contribution in [0, 0.1) is 0 Å². The summed E-state index contributed by atoms with van der Waals surface area (Å²) in [6, 6.07) is 11.6. The van der Waals surface area contributed by atoms with Crippen LogP contribution in [0.25, 0.3) is 0 Å². The number of aliphatic hydroxyl groups excluding tert-OH is 1. The predicted molar refractivity (Wildman–Crippen MR) is 217 cm³/mol. The lowest BCUT2D eigenvalue weighted by Gasteiger charge is -2.37. The maximum absolute atomic E-state index is 14.8. The zero-order valence-corrected chi connectivity index (χ0v) is 34.5. The van der Waals surface area contributed by atoms with Crippen molar-refractivity contribution >= 4 is 35.4 Å². The minimum atomic E-state index is -1.50.